The molecule has 0 saturated carbocycles. The van der Waals surface area contributed by atoms with E-state index in [0.717, 1.165) is 16.5 Å². The molecule has 0 spiro atoms. The van der Waals surface area contributed by atoms with Gasteiger partial charge in [-0.15, -0.1) is 0 Å². The van der Waals surface area contributed by atoms with Gasteiger partial charge < -0.3 is 53.5 Å². The fourth-order valence-electron chi connectivity index (χ4n) is 6.39. The Bertz CT molecular complexity index is 1670. The van der Waals surface area contributed by atoms with Crippen molar-refractivity contribution >= 4 is 76.8 Å². The number of nitrogens with two attached hydrogens (primary N) is 3. The number of carbonyl (C=O) groups is 6. The van der Waals surface area contributed by atoms with E-state index in [9.17, 15) is 33.9 Å². The number of thioether (sulfide) groups is 1. The maximum absolute atomic E-state index is 14.4. The number of thiol groups is 1. The molecule has 1 aromatic heterocycles. The molecule has 3 rings (SSSR count). The zero-order valence-corrected chi connectivity index (χ0v) is 33.3. The molecule has 5 amide bonds. The first-order chi connectivity index (χ1) is 26.2. The van der Waals surface area contributed by atoms with E-state index in [-0.39, 0.29) is 56.4 Å². The normalized spacial score (nSPS) is 16.8. The van der Waals surface area contributed by atoms with Crippen molar-refractivity contribution in [3.8, 4) is 0 Å². The fraction of sp³-hybridized carbons (Fsp3) is 0.583. The van der Waals surface area contributed by atoms with Crippen LogP contribution in [0.5, 0.6) is 0 Å². The molecular weight excluding hydrogens is 749 g/mol. The molecular formula is C36H56N10O7S2. The highest BCUT2D eigenvalue weighted by Gasteiger charge is 2.40. The molecule has 2 aromatic rings. The summed E-state index contributed by atoms with van der Waals surface area (Å²) >= 11 is 5.82. The summed E-state index contributed by atoms with van der Waals surface area (Å²) in [6, 6.07) is 1.07. The molecule has 55 heavy (non-hydrogen) atoms. The van der Waals surface area contributed by atoms with Crippen molar-refractivity contribution in [3.05, 3.63) is 36.0 Å². The molecule has 304 valence electrons. The number of hydrogen-bond acceptors (Lipinski definition) is 10. The van der Waals surface area contributed by atoms with Crippen LogP contribution in [0.1, 0.15) is 57.9 Å². The zero-order valence-electron chi connectivity index (χ0n) is 31.6. The highest BCUT2D eigenvalue weighted by molar-refractivity contribution is 7.98. The van der Waals surface area contributed by atoms with E-state index in [2.05, 4.69) is 43.9 Å². The van der Waals surface area contributed by atoms with E-state index in [4.69, 9.17) is 17.2 Å². The monoisotopic (exact) mass is 804 g/mol. The molecule has 0 unspecified atom stereocenters. The molecule has 2 heterocycles. The van der Waals surface area contributed by atoms with E-state index < -0.39 is 71.8 Å². The van der Waals surface area contributed by atoms with Crippen molar-refractivity contribution in [3.63, 3.8) is 0 Å². The van der Waals surface area contributed by atoms with Crippen LogP contribution in [-0.2, 0) is 35.2 Å². The average molecular weight is 805 g/mol. The number of carboxylic acid groups (broad SMARTS) is 1. The van der Waals surface area contributed by atoms with Gasteiger partial charge in [0.1, 0.15) is 30.2 Å². The standard InChI is InChI=1S/C36H56N10O7S2/c1-20(2)16-23(37)30(47)42-25(12-15-55-3)31(48)45-28(19-54)32(49)44-27(17-21-18-41-24-9-5-4-8-22(21)24)34(51)46-14-7-11-29(46)33(50)43-26(35(52)53)10-6-13-40-36(38)39/h4-5,8-9,18,20,23,25-29,41,54H,6-7,10-17,19,37H2,1-3H3,(H,42,47)(H,43,50)(H,44,49)(H,45,48)(H,52,53)(H4,38,39,40)/t23-,25-,26-,27-,28-,29-/m0/s1. The summed E-state index contributed by atoms with van der Waals surface area (Å²) in [7, 11) is 0. The van der Waals surface area contributed by atoms with Gasteiger partial charge in [0.05, 0.1) is 6.04 Å². The van der Waals surface area contributed by atoms with E-state index in [1.807, 2.05) is 44.4 Å². The van der Waals surface area contributed by atoms with E-state index in [1.54, 1.807) is 6.20 Å². The zero-order chi connectivity index (χ0) is 40.7. The lowest BCUT2D eigenvalue weighted by Crippen LogP contribution is -2.60. The van der Waals surface area contributed by atoms with Gasteiger partial charge in [-0.2, -0.15) is 24.4 Å². The summed E-state index contributed by atoms with van der Waals surface area (Å²) in [5.41, 5.74) is 18.3. The van der Waals surface area contributed by atoms with Crippen molar-refractivity contribution in [1.82, 2.24) is 31.2 Å². The van der Waals surface area contributed by atoms with Gasteiger partial charge in [-0.1, -0.05) is 32.0 Å². The highest BCUT2D eigenvalue weighted by atomic mass is 32.2. The van der Waals surface area contributed by atoms with E-state index in [0.29, 0.717) is 25.0 Å². The molecule has 1 aliphatic heterocycles. The Morgan fingerprint density at radius 2 is 1.65 bits per heavy atom. The Morgan fingerprint density at radius 3 is 2.31 bits per heavy atom. The molecule has 19 heteroatoms. The number of aromatic nitrogens is 1. The number of aliphatic imine (C=N–C) groups is 1. The first kappa shape index (κ1) is 44.9. The second-order valence-corrected chi connectivity index (χ2v) is 15.3. The van der Waals surface area contributed by atoms with Gasteiger partial charge in [0, 0.05) is 42.4 Å². The number of fused-ring (bicyclic) bond motifs is 1. The summed E-state index contributed by atoms with van der Waals surface area (Å²) < 4.78 is 0. The van der Waals surface area contributed by atoms with Crippen molar-refractivity contribution in [2.75, 3.05) is 30.9 Å². The molecule has 17 nitrogen and oxygen atoms in total. The van der Waals surface area contributed by atoms with Gasteiger partial charge in [-0.05, 0) is 68.1 Å². The third kappa shape index (κ3) is 13.6. The molecule has 0 aliphatic carbocycles. The van der Waals surface area contributed by atoms with Gasteiger partial charge >= 0.3 is 5.97 Å². The van der Waals surface area contributed by atoms with Gasteiger partial charge in [0.2, 0.25) is 29.5 Å². The van der Waals surface area contributed by atoms with Crippen LogP contribution in [0.25, 0.3) is 10.9 Å². The number of nitrogens with zero attached hydrogens (tertiary/aromatic N) is 2. The number of rotatable bonds is 22. The van der Waals surface area contributed by atoms with Crippen molar-refractivity contribution < 1.29 is 33.9 Å². The Hall–Kier alpha value is -4.49. The summed E-state index contributed by atoms with van der Waals surface area (Å²) in [5, 5.41) is 21.4. The lowest BCUT2D eigenvalue weighted by molar-refractivity contribution is -0.145. The molecule has 1 aromatic carbocycles. The Labute approximate surface area is 330 Å². The van der Waals surface area contributed by atoms with Gasteiger partial charge in [-0.25, -0.2) is 4.79 Å². The van der Waals surface area contributed by atoms with Crippen LogP contribution in [0.4, 0.5) is 0 Å². The minimum Gasteiger partial charge on any atom is -0.480 e. The second kappa shape index (κ2) is 22.2. The first-order valence-electron chi connectivity index (χ1n) is 18.4. The van der Waals surface area contributed by atoms with Crippen molar-refractivity contribution in [2.24, 2.45) is 28.1 Å². The maximum Gasteiger partial charge on any atom is 0.326 e. The molecule has 0 radical (unpaired) electrons. The van der Waals surface area contributed by atoms with Gasteiger partial charge in [0.25, 0.3) is 0 Å². The van der Waals surface area contributed by atoms with Crippen LogP contribution in [-0.4, -0.2) is 124 Å². The SMILES string of the molecule is CSCC[C@H](NC(=O)[C@@H](N)CC(C)C)C(=O)N[C@@H](CS)C(=O)N[C@@H](Cc1c[nH]c2ccccc12)C(=O)N1CCC[C@H]1C(=O)N[C@@H](CCCN=C(N)N)C(=O)O. The molecule has 6 atom stereocenters. The number of para-hydroxylation sites is 1. The molecule has 12 N–H and O–H groups in total. The van der Waals surface area contributed by atoms with Crippen molar-refractivity contribution in [2.45, 2.75) is 95.0 Å². The minimum absolute atomic E-state index is 0.0371. The number of carboxylic acids is 1. The topological polar surface area (TPSA) is 280 Å². The van der Waals surface area contributed by atoms with Gasteiger partial charge in [-0.3, -0.25) is 29.0 Å². The smallest absolute Gasteiger partial charge is 0.326 e. The van der Waals surface area contributed by atoms with E-state index >= 15 is 0 Å². The second-order valence-electron chi connectivity index (χ2n) is 14.0. The largest absolute Gasteiger partial charge is 0.480 e. The lowest BCUT2D eigenvalue weighted by Gasteiger charge is -2.30. The van der Waals surface area contributed by atoms with Crippen molar-refractivity contribution in [1.29, 1.82) is 0 Å². The first-order valence-corrected chi connectivity index (χ1v) is 20.4. The molecule has 1 fully saturated rings. The number of guanidine groups is 1. The summed E-state index contributed by atoms with van der Waals surface area (Å²) in [5.74, 6) is -3.75. The minimum atomic E-state index is -1.24. The van der Waals surface area contributed by atoms with Crippen LogP contribution >= 0.6 is 24.4 Å². The number of hydrogen-bond donors (Lipinski definition) is 10. The Kier molecular flexibility index (Phi) is 18.1. The predicted octanol–water partition coefficient (Wildman–Crippen LogP) is -0.165. The molecule has 1 aliphatic rings. The predicted molar refractivity (Wildman–Crippen MR) is 216 cm³/mol. The number of aromatic amines is 1. The highest BCUT2D eigenvalue weighted by Crippen LogP contribution is 2.23. The quantitative estimate of drug-likeness (QED) is 0.0323. The van der Waals surface area contributed by atoms with Crippen LogP contribution in [0, 0.1) is 5.92 Å². The third-order valence-corrected chi connectivity index (χ3v) is 10.2. The maximum atomic E-state index is 14.4. The average Bonchev–Trinajstić information content (AvgIpc) is 3.80. The summed E-state index contributed by atoms with van der Waals surface area (Å²) in [6.07, 6.45) is 5.46. The van der Waals surface area contributed by atoms with Crippen LogP contribution in [0.3, 0.4) is 0 Å². The van der Waals surface area contributed by atoms with Crippen LogP contribution in [0.2, 0.25) is 0 Å². The summed E-state index contributed by atoms with van der Waals surface area (Å²) in [4.78, 5) is 88.5. The fourth-order valence-corrected chi connectivity index (χ4v) is 7.12. The number of carbonyl (C=O) groups excluding carboxylic acids is 5. The Morgan fingerprint density at radius 1 is 0.982 bits per heavy atom. The third-order valence-electron chi connectivity index (χ3n) is 9.23. The van der Waals surface area contributed by atoms with E-state index in [1.165, 1.54) is 16.7 Å². The number of aliphatic carboxylic acids is 1. The Balaban J connectivity index is 1.83. The molecule has 1 saturated heterocycles. The number of amides is 5. The lowest BCUT2D eigenvalue weighted by atomic mass is 10.0. The summed E-state index contributed by atoms with van der Waals surface area (Å²) in [6.45, 7) is 4.25. The number of benzene rings is 1. The number of likely N-dealkylation sites (tertiary alicyclic amines) is 1. The van der Waals surface area contributed by atoms with Gasteiger partial charge in [0.15, 0.2) is 5.96 Å². The molecule has 0 bridgehead atoms. The van der Waals surface area contributed by atoms with Crippen LogP contribution in [0.15, 0.2) is 35.5 Å². The van der Waals surface area contributed by atoms with Crippen LogP contribution < -0.4 is 38.5 Å². The number of H-pyrrole nitrogens is 1. The number of nitrogens with one attached hydrogen (secondary N) is 5.